The molecule has 0 unspecified atom stereocenters. The van der Waals surface area contributed by atoms with E-state index in [-0.39, 0.29) is 42.9 Å². The third-order valence-electron chi connectivity index (χ3n) is 7.69. The van der Waals surface area contributed by atoms with Crippen LogP contribution >= 0.6 is 0 Å². The zero-order valence-electron chi connectivity index (χ0n) is 27.0. The molecule has 0 fully saturated rings. The van der Waals surface area contributed by atoms with Crippen molar-refractivity contribution < 1.29 is 37.4 Å². The number of allylic oxidation sites excluding steroid dienone is 1. The van der Waals surface area contributed by atoms with Gasteiger partial charge in [-0.1, -0.05) is 24.6 Å². The Balaban J connectivity index is 1.70. The van der Waals surface area contributed by atoms with Crippen LogP contribution in [-0.4, -0.2) is 79.2 Å². The van der Waals surface area contributed by atoms with Crippen molar-refractivity contribution in [3.63, 3.8) is 0 Å². The first kappa shape index (κ1) is 32.4. The van der Waals surface area contributed by atoms with Gasteiger partial charge in [-0.15, -0.1) is 11.0 Å². The summed E-state index contributed by atoms with van der Waals surface area (Å²) in [5.41, 5.74) is 0.395. The summed E-state index contributed by atoms with van der Waals surface area (Å²) in [5, 5.41) is 1.70. The Kier molecular flexibility index (Phi) is 9.30. The topological polar surface area (TPSA) is 95.2 Å². The predicted octanol–water partition coefficient (Wildman–Crippen LogP) is 4.15. The Morgan fingerprint density at radius 2 is 2.04 bits per heavy atom. The molecule has 46 heavy (non-hydrogen) atoms. The smallest absolute Gasteiger partial charge is 0.495 e. The molecule has 0 aliphatic carbocycles. The molecule has 3 heterocycles. The molecule has 2 aliphatic heterocycles. The van der Waals surface area contributed by atoms with Crippen molar-refractivity contribution in [2.45, 2.75) is 45.8 Å². The van der Waals surface area contributed by atoms with E-state index in [9.17, 15) is 4.79 Å². The molecule has 0 bridgehead atoms. The fourth-order valence-electron chi connectivity index (χ4n) is 5.52. The summed E-state index contributed by atoms with van der Waals surface area (Å²) in [7, 11) is 2.93. The lowest BCUT2D eigenvalue weighted by molar-refractivity contribution is -0.446. The Morgan fingerprint density at radius 3 is 2.74 bits per heavy atom. The second-order valence-corrected chi connectivity index (χ2v) is 11.9. The van der Waals surface area contributed by atoms with Crippen molar-refractivity contribution >= 4 is 46.1 Å². The van der Waals surface area contributed by atoms with Gasteiger partial charge < -0.3 is 28.6 Å². The molecule has 3 aromatic rings. The number of rotatable bonds is 6. The molecular formula is C35H38FN4O6+. The SMILES string of the molecule is C#Cc1cccc2cc(OCOC)cc(C(=C)/C(F)=c3/nc(OC)nc4c3=C(C)OC[C@@H]3CC[N+](C(=O)OC(C)(C)C)=CCN43)c12. The number of hydrogen-bond donors (Lipinski definition) is 0. The van der Waals surface area contributed by atoms with Crippen LogP contribution in [-0.2, 0) is 14.2 Å². The number of amides is 1. The number of terminal acetylenes is 1. The highest BCUT2D eigenvalue weighted by Gasteiger charge is 2.35. The van der Waals surface area contributed by atoms with Crippen molar-refractivity contribution in [1.29, 1.82) is 0 Å². The van der Waals surface area contributed by atoms with E-state index in [1.54, 1.807) is 29.8 Å². The molecule has 240 valence electrons. The van der Waals surface area contributed by atoms with Gasteiger partial charge in [-0.05, 0) is 56.8 Å². The Morgan fingerprint density at radius 1 is 1.26 bits per heavy atom. The number of carbonyl (C=O) groups excluding carboxylic acids is 1. The minimum absolute atomic E-state index is 0.0000647. The Bertz CT molecular complexity index is 1910. The molecule has 0 saturated carbocycles. The first-order chi connectivity index (χ1) is 21.9. The summed E-state index contributed by atoms with van der Waals surface area (Å²) in [6.07, 6.45) is 7.72. The normalized spacial score (nSPS) is 16.9. The number of methoxy groups -OCH3 is 2. The largest absolute Gasteiger partial charge is 0.596 e. The van der Waals surface area contributed by atoms with Crippen molar-refractivity contribution in [3.05, 3.63) is 58.6 Å². The van der Waals surface area contributed by atoms with E-state index in [0.29, 0.717) is 52.0 Å². The number of hydrogen-bond acceptors (Lipinski definition) is 9. The fourth-order valence-corrected chi connectivity index (χ4v) is 5.52. The van der Waals surface area contributed by atoms with Crippen molar-refractivity contribution in [2.75, 3.05) is 45.6 Å². The minimum atomic E-state index is -0.718. The Hall–Kier alpha value is -4.95. The van der Waals surface area contributed by atoms with Crippen LogP contribution in [0.4, 0.5) is 15.0 Å². The van der Waals surface area contributed by atoms with E-state index in [0.717, 1.165) is 5.39 Å². The number of fused-ring (bicyclic) bond motifs is 4. The maximum atomic E-state index is 17.0. The lowest BCUT2D eigenvalue weighted by atomic mass is 9.94. The lowest BCUT2D eigenvalue weighted by Crippen LogP contribution is -2.44. The number of carbonyl (C=O) groups is 1. The van der Waals surface area contributed by atoms with E-state index in [1.807, 2.05) is 43.9 Å². The summed E-state index contributed by atoms with van der Waals surface area (Å²) in [6.45, 7) is 12.4. The highest BCUT2D eigenvalue weighted by atomic mass is 19.1. The van der Waals surface area contributed by atoms with Crippen LogP contribution in [0.25, 0.3) is 27.9 Å². The molecule has 2 aromatic carbocycles. The Labute approximate surface area is 267 Å². The summed E-state index contributed by atoms with van der Waals surface area (Å²) in [4.78, 5) is 24.0. The molecule has 1 atom stereocenters. The number of ether oxygens (including phenoxy) is 5. The van der Waals surface area contributed by atoms with Crippen LogP contribution < -0.4 is 24.9 Å². The average Bonchev–Trinajstić information content (AvgIpc) is 3.33. The molecular weight excluding hydrogens is 591 g/mol. The maximum absolute atomic E-state index is 17.0. The zero-order chi connectivity index (χ0) is 33.2. The maximum Gasteiger partial charge on any atom is 0.596 e. The van der Waals surface area contributed by atoms with E-state index >= 15 is 4.39 Å². The number of anilines is 1. The van der Waals surface area contributed by atoms with Crippen LogP contribution in [0.1, 0.15) is 45.2 Å². The van der Waals surface area contributed by atoms with Gasteiger partial charge in [0.2, 0.25) is 0 Å². The van der Waals surface area contributed by atoms with Gasteiger partial charge >= 0.3 is 12.1 Å². The third kappa shape index (κ3) is 6.53. The van der Waals surface area contributed by atoms with Crippen LogP contribution in [0.2, 0.25) is 0 Å². The second-order valence-electron chi connectivity index (χ2n) is 11.9. The first-order valence-corrected chi connectivity index (χ1v) is 14.9. The molecule has 5 rings (SSSR count). The van der Waals surface area contributed by atoms with E-state index in [2.05, 4.69) is 22.5 Å². The van der Waals surface area contributed by atoms with Gasteiger partial charge in [-0.3, -0.25) is 0 Å². The highest BCUT2D eigenvalue weighted by molar-refractivity contribution is 6.06. The summed E-state index contributed by atoms with van der Waals surface area (Å²) in [5.74, 6) is 3.29. The van der Waals surface area contributed by atoms with Crippen LogP contribution in [0.5, 0.6) is 11.8 Å². The number of benzene rings is 2. The monoisotopic (exact) mass is 629 g/mol. The van der Waals surface area contributed by atoms with Crippen molar-refractivity contribution in [2.24, 2.45) is 0 Å². The van der Waals surface area contributed by atoms with Gasteiger partial charge in [0, 0.05) is 30.1 Å². The molecule has 0 radical (unpaired) electrons. The molecule has 0 spiro atoms. The molecule has 11 heteroatoms. The van der Waals surface area contributed by atoms with E-state index < -0.39 is 17.5 Å². The van der Waals surface area contributed by atoms with Crippen LogP contribution in [0.15, 0.2) is 36.9 Å². The number of halogens is 1. The number of nitrogens with zero attached hydrogens (tertiary/aromatic N) is 4. The third-order valence-corrected chi connectivity index (χ3v) is 7.69. The number of aromatic nitrogens is 2. The quantitative estimate of drug-likeness (QED) is 0.227. The van der Waals surface area contributed by atoms with Gasteiger partial charge in [0.15, 0.2) is 25.4 Å². The second kappa shape index (κ2) is 13.2. The van der Waals surface area contributed by atoms with Gasteiger partial charge in [-0.25, -0.2) is 4.39 Å². The van der Waals surface area contributed by atoms with E-state index in [1.165, 1.54) is 14.2 Å². The molecule has 1 aromatic heterocycles. The summed E-state index contributed by atoms with van der Waals surface area (Å²) < 4.78 is 46.6. The van der Waals surface area contributed by atoms with Crippen LogP contribution in [0, 0.1) is 12.3 Å². The zero-order valence-corrected chi connectivity index (χ0v) is 27.0. The summed E-state index contributed by atoms with van der Waals surface area (Å²) in [6, 6.07) is 8.75. The fraction of sp³-hybridized carbons (Fsp3) is 0.371. The van der Waals surface area contributed by atoms with Gasteiger partial charge in [-0.2, -0.15) is 14.8 Å². The standard InChI is InChI=1S/C35H38FN4O6/c1-9-23-11-10-12-24-17-26(45-20-42-7)18-27(29(23)24)21(2)30(36)31-28-22(3)44-19-25-13-14-39(34(41)46-35(4,5)6)15-16-40(25)32(28)38-33(37-31)43-8/h1,10-12,15,17-18,25H,2,13-14,16,19-20H2,3-8H3/q+1/b31-30-/t25-/m0/s1. The van der Waals surface area contributed by atoms with Crippen molar-refractivity contribution in [1.82, 2.24) is 9.97 Å². The lowest BCUT2D eigenvalue weighted by Gasteiger charge is -2.27. The highest BCUT2D eigenvalue weighted by Crippen LogP contribution is 2.35. The summed E-state index contributed by atoms with van der Waals surface area (Å²) >= 11 is 0. The molecule has 1 amide bonds. The van der Waals surface area contributed by atoms with E-state index in [4.69, 9.17) is 30.1 Å². The van der Waals surface area contributed by atoms with Crippen molar-refractivity contribution in [3.8, 4) is 24.1 Å². The molecule has 10 nitrogen and oxygen atoms in total. The molecule has 2 aliphatic rings. The average molecular weight is 630 g/mol. The van der Waals surface area contributed by atoms with Crippen LogP contribution in [0.3, 0.4) is 0 Å². The minimum Gasteiger partial charge on any atom is -0.495 e. The van der Waals surface area contributed by atoms with Gasteiger partial charge in [0.05, 0.1) is 24.9 Å². The predicted molar refractivity (Wildman–Crippen MR) is 174 cm³/mol. The van der Waals surface area contributed by atoms with Gasteiger partial charge in [0.1, 0.15) is 34.9 Å². The van der Waals surface area contributed by atoms with Gasteiger partial charge in [0.25, 0.3) is 0 Å². The molecule has 0 saturated heterocycles. The molecule has 0 N–H and O–H groups in total. The first-order valence-electron chi connectivity index (χ1n) is 14.9.